The van der Waals surface area contributed by atoms with Gasteiger partial charge in [0.05, 0.1) is 12.4 Å². The summed E-state index contributed by atoms with van der Waals surface area (Å²) >= 11 is 0. The monoisotopic (exact) mass is 254 g/mol. The normalized spacial score (nSPS) is 11.6. The Kier molecular flexibility index (Phi) is 3.81. The van der Waals surface area contributed by atoms with Gasteiger partial charge < -0.3 is 9.84 Å². The number of aromatic carboxylic acids is 1. The molecule has 17 heavy (non-hydrogen) atoms. The largest absolute Gasteiger partial charge is 0.476 e. The smallest absolute Gasteiger partial charge is 0.356 e. The summed E-state index contributed by atoms with van der Waals surface area (Å²) in [5.74, 6) is -6.12. The first-order valence-corrected chi connectivity index (χ1v) is 4.17. The van der Waals surface area contributed by atoms with E-state index >= 15 is 0 Å². The molecule has 0 atom stereocenters. The van der Waals surface area contributed by atoms with Crippen molar-refractivity contribution in [3.05, 3.63) is 18.1 Å². The first-order valence-electron chi connectivity index (χ1n) is 4.17. The number of alkyl halides is 4. The van der Waals surface area contributed by atoms with Crippen molar-refractivity contribution in [3.63, 3.8) is 0 Å². The van der Waals surface area contributed by atoms with Gasteiger partial charge in [-0.25, -0.2) is 23.5 Å². The highest BCUT2D eigenvalue weighted by molar-refractivity contribution is 5.84. The van der Waals surface area contributed by atoms with Gasteiger partial charge in [0.25, 0.3) is 0 Å². The quantitative estimate of drug-likeness (QED) is 0.805. The molecule has 0 saturated carbocycles. The number of nitrogens with zero attached hydrogens (tertiary/aromatic N) is 2. The topological polar surface area (TPSA) is 72.3 Å². The Bertz CT molecular complexity index is 396. The summed E-state index contributed by atoms with van der Waals surface area (Å²) in [6, 6.07) is 0. The van der Waals surface area contributed by atoms with Crippen molar-refractivity contribution >= 4 is 5.97 Å². The molecule has 94 valence electrons. The van der Waals surface area contributed by atoms with Crippen LogP contribution in [0.15, 0.2) is 12.4 Å². The van der Waals surface area contributed by atoms with E-state index in [0.717, 1.165) is 12.4 Å². The van der Waals surface area contributed by atoms with Crippen LogP contribution in [0, 0.1) is 0 Å². The molecule has 1 N–H and O–H groups in total. The number of halogens is 4. The van der Waals surface area contributed by atoms with Gasteiger partial charge >= 0.3 is 18.3 Å². The summed E-state index contributed by atoms with van der Waals surface area (Å²) in [7, 11) is 0. The molecule has 0 aliphatic carbocycles. The highest BCUT2D eigenvalue weighted by Gasteiger charge is 2.41. The number of ether oxygens (including phenoxy) is 1. The lowest BCUT2D eigenvalue weighted by Crippen LogP contribution is -2.33. The van der Waals surface area contributed by atoms with Crippen molar-refractivity contribution in [2.45, 2.75) is 12.3 Å². The van der Waals surface area contributed by atoms with E-state index in [1.54, 1.807) is 0 Å². The third-order valence-corrected chi connectivity index (χ3v) is 1.58. The van der Waals surface area contributed by atoms with Gasteiger partial charge in [-0.3, -0.25) is 0 Å². The van der Waals surface area contributed by atoms with Crippen molar-refractivity contribution in [3.8, 4) is 5.88 Å². The van der Waals surface area contributed by atoms with Crippen LogP contribution in [0.25, 0.3) is 0 Å². The maximum Gasteiger partial charge on any atom is 0.356 e. The lowest BCUT2D eigenvalue weighted by molar-refractivity contribution is -0.148. The molecule has 0 amide bonds. The van der Waals surface area contributed by atoms with Gasteiger partial charge in [-0.05, 0) is 0 Å². The van der Waals surface area contributed by atoms with Gasteiger partial charge in [-0.15, -0.1) is 0 Å². The minimum Gasteiger partial charge on any atom is -0.476 e. The van der Waals surface area contributed by atoms with Crippen LogP contribution in [-0.4, -0.2) is 40.0 Å². The van der Waals surface area contributed by atoms with E-state index in [4.69, 9.17) is 5.11 Å². The van der Waals surface area contributed by atoms with Crippen molar-refractivity contribution < 1.29 is 32.2 Å². The average Bonchev–Trinajstić information content (AvgIpc) is 2.27. The summed E-state index contributed by atoms with van der Waals surface area (Å²) in [5, 5.41) is 8.45. The minimum absolute atomic E-state index is 0.419. The predicted octanol–water partition coefficient (Wildman–Crippen LogP) is 1.45. The summed E-state index contributed by atoms with van der Waals surface area (Å²) in [4.78, 5) is 17.0. The Morgan fingerprint density at radius 2 is 2.06 bits per heavy atom. The van der Waals surface area contributed by atoms with E-state index in [2.05, 4.69) is 14.7 Å². The molecule has 0 saturated heterocycles. The molecule has 1 aromatic rings. The maximum atomic E-state index is 12.4. The molecule has 9 heteroatoms. The first-order chi connectivity index (χ1) is 7.83. The Morgan fingerprint density at radius 1 is 1.41 bits per heavy atom. The van der Waals surface area contributed by atoms with Gasteiger partial charge in [0.15, 0.2) is 12.3 Å². The third-order valence-electron chi connectivity index (χ3n) is 1.58. The minimum atomic E-state index is -4.30. The van der Waals surface area contributed by atoms with E-state index in [1.165, 1.54) is 0 Å². The first kappa shape index (κ1) is 13.1. The number of carboxylic acids is 1. The second-order valence-electron chi connectivity index (χ2n) is 2.90. The zero-order valence-corrected chi connectivity index (χ0v) is 8.11. The molecule has 5 nitrogen and oxygen atoms in total. The van der Waals surface area contributed by atoms with Gasteiger partial charge in [0.1, 0.15) is 0 Å². The molecule has 0 bridgehead atoms. The Labute approximate surface area is 92.1 Å². The highest BCUT2D eigenvalue weighted by Crippen LogP contribution is 2.23. The molecule has 0 aliphatic heterocycles. The molecule has 0 aromatic carbocycles. The summed E-state index contributed by atoms with van der Waals surface area (Å²) in [5.41, 5.74) is -0.419. The average molecular weight is 254 g/mol. The highest BCUT2D eigenvalue weighted by atomic mass is 19.3. The Hall–Kier alpha value is -1.93. The van der Waals surface area contributed by atoms with E-state index in [-0.39, 0.29) is 0 Å². The van der Waals surface area contributed by atoms with Crippen molar-refractivity contribution in [1.82, 2.24) is 9.97 Å². The van der Waals surface area contributed by atoms with Crippen LogP contribution in [0.1, 0.15) is 10.5 Å². The van der Waals surface area contributed by atoms with Crippen LogP contribution in [0.2, 0.25) is 0 Å². The number of carbonyl (C=O) groups is 1. The Balaban J connectivity index is 2.62. The lowest BCUT2D eigenvalue weighted by atomic mass is 10.4. The Morgan fingerprint density at radius 3 is 2.47 bits per heavy atom. The van der Waals surface area contributed by atoms with Gasteiger partial charge in [0, 0.05) is 0 Å². The fraction of sp³-hybridized carbons (Fsp3) is 0.375. The van der Waals surface area contributed by atoms with E-state index in [1.807, 2.05) is 0 Å². The lowest BCUT2D eigenvalue weighted by Gasteiger charge is -2.14. The van der Waals surface area contributed by atoms with Crippen LogP contribution in [0.4, 0.5) is 17.6 Å². The van der Waals surface area contributed by atoms with Crippen LogP contribution in [0.5, 0.6) is 5.88 Å². The van der Waals surface area contributed by atoms with E-state index in [0.29, 0.717) is 0 Å². The fourth-order valence-electron chi connectivity index (χ4n) is 0.734. The van der Waals surface area contributed by atoms with Crippen LogP contribution >= 0.6 is 0 Å². The van der Waals surface area contributed by atoms with Crippen molar-refractivity contribution in [1.29, 1.82) is 0 Å². The van der Waals surface area contributed by atoms with Crippen LogP contribution in [0.3, 0.4) is 0 Å². The SMILES string of the molecule is O=C(O)c1cnc(OCC(F)(F)C(F)F)cn1. The number of carboxylic acid groups (broad SMARTS) is 1. The second-order valence-corrected chi connectivity index (χ2v) is 2.90. The number of rotatable bonds is 5. The zero-order chi connectivity index (χ0) is 13.1. The number of aromatic nitrogens is 2. The van der Waals surface area contributed by atoms with E-state index < -0.39 is 36.5 Å². The third kappa shape index (κ3) is 3.54. The summed E-state index contributed by atoms with van der Waals surface area (Å²) in [6.07, 6.45) is -2.34. The van der Waals surface area contributed by atoms with Crippen LogP contribution in [-0.2, 0) is 0 Å². The number of hydrogen-bond donors (Lipinski definition) is 1. The molecule has 0 radical (unpaired) electrons. The molecular weight excluding hydrogens is 248 g/mol. The summed E-state index contributed by atoms with van der Waals surface area (Å²) < 4.78 is 52.6. The number of hydrogen-bond acceptors (Lipinski definition) is 4. The molecule has 0 aliphatic rings. The molecule has 1 rings (SSSR count). The van der Waals surface area contributed by atoms with Gasteiger partial charge in [-0.2, -0.15) is 8.78 Å². The molecule has 0 fully saturated rings. The second kappa shape index (κ2) is 4.93. The zero-order valence-electron chi connectivity index (χ0n) is 8.11. The molecule has 1 aromatic heterocycles. The maximum absolute atomic E-state index is 12.4. The molecular formula is C8H6F4N2O3. The molecule has 0 unspecified atom stereocenters. The van der Waals surface area contributed by atoms with Gasteiger partial charge in [-0.1, -0.05) is 0 Å². The van der Waals surface area contributed by atoms with Gasteiger partial charge in [0.2, 0.25) is 5.88 Å². The molecule has 0 spiro atoms. The standard InChI is InChI=1S/C8H6F4N2O3/c9-7(10)8(11,12)3-17-5-2-13-4(1-14-5)6(15)16/h1-2,7H,3H2,(H,15,16). The van der Waals surface area contributed by atoms with Crippen molar-refractivity contribution in [2.24, 2.45) is 0 Å². The summed E-state index contributed by atoms with van der Waals surface area (Å²) in [6.45, 7) is -1.56. The predicted molar refractivity (Wildman–Crippen MR) is 45.4 cm³/mol. The fourth-order valence-corrected chi connectivity index (χ4v) is 0.734. The molecule has 1 heterocycles. The van der Waals surface area contributed by atoms with Crippen LogP contribution < -0.4 is 4.74 Å². The van der Waals surface area contributed by atoms with Crippen molar-refractivity contribution in [2.75, 3.05) is 6.61 Å². The van der Waals surface area contributed by atoms with E-state index in [9.17, 15) is 22.4 Å².